The van der Waals surface area contributed by atoms with Crippen LogP contribution in [0.4, 0.5) is 0 Å². The fourth-order valence-electron chi connectivity index (χ4n) is 0.519. The first kappa shape index (κ1) is 5.77. The molecule has 0 saturated carbocycles. The third kappa shape index (κ3) is 1.26. The molecular formula is C7H4N2. The number of hydrogen-bond acceptors (Lipinski definition) is 2. The van der Waals surface area contributed by atoms with Gasteiger partial charge in [0, 0.05) is 19.3 Å². The zero-order valence-electron chi connectivity index (χ0n) is 4.70. The zero-order valence-corrected chi connectivity index (χ0v) is 4.70. The van der Waals surface area contributed by atoms with E-state index in [9.17, 15) is 0 Å². The Balaban J connectivity index is 3.12. The second kappa shape index (κ2) is 2.27. The smallest absolute Gasteiger partial charge is 0.101 e. The highest BCUT2D eigenvalue weighted by molar-refractivity contribution is 5.29. The van der Waals surface area contributed by atoms with Crippen molar-refractivity contribution < 1.29 is 0 Å². The van der Waals surface area contributed by atoms with E-state index in [1.54, 1.807) is 6.07 Å². The summed E-state index contributed by atoms with van der Waals surface area (Å²) in [6.45, 7) is 5.32. The van der Waals surface area contributed by atoms with Crippen LogP contribution >= 0.6 is 0 Å². The Bertz CT molecular complexity index is 247. The van der Waals surface area contributed by atoms with Crippen LogP contribution in [0, 0.1) is 18.3 Å². The number of aromatic nitrogens is 1. The average molecular weight is 116 g/mol. The van der Waals surface area contributed by atoms with Crippen LogP contribution in [0.1, 0.15) is 11.1 Å². The van der Waals surface area contributed by atoms with Gasteiger partial charge in [0.1, 0.15) is 6.07 Å². The minimum absolute atomic E-state index is 0.495. The maximum absolute atomic E-state index is 8.32. The first-order chi connectivity index (χ1) is 4.33. The van der Waals surface area contributed by atoms with Crippen molar-refractivity contribution in [2.75, 3.05) is 0 Å². The Morgan fingerprint density at radius 3 is 2.78 bits per heavy atom. The maximum atomic E-state index is 8.32. The standard InChI is InChI=1S/C7H4N2/c1-6-2-7(3-8)5-9-4-6/h1-2,4-5H. The molecule has 1 heterocycles. The van der Waals surface area contributed by atoms with Crippen LogP contribution < -0.4 is 0 Å². The summed E-state index contributed by atoms with van der Waals surface area (Å²) in [6.07, 6.45) is 2.97. The van der Waals surface area contributed by atoms with Crippen LogP contribution in [0.5, 0.6) is 0 Å². The fourth-order valence-corrected chi connectivity index (χ4v) is 0.519. The van der Waals surface area contributed by atoms with Crippen molar-refractivity contribution >= 4 is 0 Å². The van der Waals surface area contributed by atoms with Crippen molar-refractivity contribution in [2.24, 2.45) is 0 Å². The summed E-state index contributed by atoms with van der Waals surface area (Å²) in [7, 11) is 0. The van der Waals surface area contributed by atoms with E-state index in [-0.39, 0.29) is 0 Å². The zero-order chi connectivity index (χ0) is 6.69. The minimum atomic E-state index is 0.495. The monoisotopic (exact) mass is 116 g/mol. The molecule has 42 valence electrons. The van der Waals surface area contributed by atoms with Crippen LogP contribution in [-0.2, 0) is 0 Å². The Kier molecular flexibility index (Phi) is 1.46. The largest absolute Gasteiger partial charge is 0.263 e. The molecule has 0 saturated heterocycles. The summed E-state index contributed by atoms with van der Waals surface area (Å²) in [6, 6.07) is 3.50. The second-order valence-corrected chi connectivity index (χ2v) is 1.62. The van der Waals surface area contributed by atoms with Crippen LogP contribution in [0.15, 0.2) is 18.5 Å². The molecule has 0 fully saturated rings. The molecule has 2 heteroatoms. The molecule has 0 bridgehead atoms. The van der Waals surface area contributed by atoms with E-state index in [2.05, 4.69) is 4.98 Å². The first-order valence-electron chi connectivity index (χ1n) is 2.43. The highest BCUT2D eigenvalue weighted by atomic mass is 14.6. The van der Waals surface area contributed by atoms with E-state index in [4.69, 9.17) is 12.2 Å². The summed E-state index contributed by atoms with van der Waals surface area (Å²) in [5.74, 6) is 0. The molecular weight excluding hydrogens is 112 g/mol. The van der Waals surface area contributed by atoms with E-state index in [1.807, 2.05) is 6.07 Å². The molecule has 0 N–H and O–H groups in total. The molecule has 0 atom stereocenters. The maximum Gasteiger partial charge on any atom is 0.101 e. The van der Waals surface area contributed by atoms with Gasteiger partial charge in [0.15, 0.2) is 0 Å². The lowest BCUT2D eigenvalue weighted by atomic mass is 10.2. The molecule has 0 amide bonds. The van der Waals surface area contributed by atoms with Gasteiger partial charge in [0.2, 0.25) is 0 Å². The molecule has 9 heavy (non-hydrogen) atoms. The van der Waals surface area contributed by atoms with Crippen LogP contribution in [0.3, 0.4) is 0 Å². The van der Waals surface area contributed by atoms with Crippen molar-refractivity contribution in [1.82, 2.24) is 4.98 Å². The molecule has 0 aromatic carbocycles. The molecule has 0 aliphatic rings. The predicted octanol–water partition coefficient (Wildman–Crippen LogP) is 1.01. The molecule has 0 aliphatic heterocycles. The Hall–Kier alpha value is -1.36. The normalized spacial score (nSPS) is 8.44. The highest BCUT2D eigenvalue weighted by Gasteiger charge is 1.87. The Morgan fingerprint density at radius 2 is 2.33 bits per heavy atom. The number of rotatable bonds is 0. The highest BCUT2D eigenvalue weighted by Crippen LogP contribution is 1.97. The topological polar surface area (TPSA) is 36.7 Å². The van der Waals surface area contributed by atoms with Crippen molar-refractivity contribution in [3.63, 3.8) is 0 Å². The van der Waals surface area contributed by atoms with Gasteiger partial charge in [-0.1, -0.05) is 0 Å². The molecule has 0 aliphatic carbocycles. The summed E-state index contributed by atoms with van der Waals surface area (Å²) < 4.78 is 0. The molecule has 0 unspecified atom stereocenters. The quantitative estimate of drug-likeness (QED) is 0.507. The summed E-state index contributed by atoms with van der Waals surface area (Å²) in [4.78, 5) is 3.71. The number of nitrogens with zero attached hydrogens (tertiary/aromatic N) is 2. The number of nitriles is 1. The first-order valence-corrected chi connectivity index (χ1v) is 2.43. The van der Waals surface area contributed by atoms with Crippen LogP contribution in [0.2, 0.25) is 0 Å². The lowest BCUT2D eigenvalue weighted by Crippen LogP contribution is -1.78. The lowest BCUT2D eigenvalue weighted by molar-refractivity contribution is 1.28. The molecule has 1 rings (SSSR count). The van der Waals surface area contributed by atoms with Gasteiger partial charge in [-0.15, -0.1) is 0 Å². The van der Waals surface area contributed by atoms with E-state index in [1.165, 1.54) is 12.4 Å². The lowest BCUT2D eigenvalue weighted by Gasteiger charge is -1.87. The minimum Gasteiger partial charge on any atom is -0.263 e. The van der Waals surface area contributed by atoms with E-state index in [0.29, 0.717) is 11.1 Å². The van der Waals surface area contributed by atoms with Crippen molar-refractivity contribution in [3.05, 3.63) is 36.5 Å². The van der Waals surface area contributed by atoms with Gasteiger partial charge in [0.25, 0.3) is 0 Å². The van der Waals surface area contributed by atoms with Crippen LogP contribution in [0.25, 0.3) is 0 Å². The second-order valence-electron chi connectivity index (χ2n) is 1.62. The van der Waals surface area contributed by atoms with Gasteiger partial charge in [-0.05, 0) is 11.6 Å². The molecule has 1 aromatic rings. The summed E-state index contributed by atoms with van der Waals surface area (Å²) in [5.41, 5.74) is 1.02. The predicted molar refractivity (Wildman–Crippen MR) is 32.4 cm³/mol. The van der Waals surface area contributed by atoms with Crippen molar-refractivity contribution in [3.8, 4) is 6.07 Å². The van der Waals surface area contributed by atoms with Gasteiger partial charge in [0.05, 0.1) is 5.56 Å². The number of hydrogen-bond donors (Lipinski definition) is 0. The molecule has 2 nitrogen and oxygen atoms in total. The molecule has 2 radical (unpaired) electrons. The van der Waals surface area contributed by atoms with Gasteiger partial charge in [-0.25, -0.2) is 0 Å². The third-order valence-electron chi connectivity index (χ3n) is 0.888. The molecule has 0 spiro atoms. The fraction of sp³-hybridized carbons (Fsp3) is 0. The summed E-state index contributed by atoms with van der Waals surface area (Å²) >= 11 is 0. The Labute approximate surface area is 53.8 Å². The van der Waals surface area contributed by atoms with Gasteiger partial charge >= 0.3 is 0 Å². The van der Waals surface area contributed by atoms with E-state index in [0.717, 1.165) is 0 Å². The third-order valence-corrected chi connectivity index (χ3v) is 0.888. The Morgan fingerprint density at radius 1 is 1.56 bits per heavy atom. The SMILES string of the molecule is [CH]c1cncc(C#N)c1. The number of pyridine rings is 1. The van der Waals surface area contributed by atoms with E-state index >= 15 is 0 Å². The van der Waals surface area contributed by atoms with E-state index < -0.39 is 0 Å². The van der Waals surface area contributed by atoms with Crippen LogP contribution in [-0.4, -0.2) is 4.98 Å². The molecule has 1 aromatic heterocycles. The summed E-state index contributed by atoms with van der Waals surface area (Å²) in [5, 5.41) is 8.32. The van der Waals surface area contributed by atoms with Crippen molar-refractivity contribution in [2.45, 2.75) is 0 Å². The van der Waals surface area contributed by atoms with Crippen molar-refractivity contribution in [1.29, 1.82) is 5.26 Å². The average Bonchev–Trinajstić information content (AvgIpc) is 1.88. The van der Waals surface area contributed by atoms with Gasteiger partial charge < -0.3 is 0 Å². The van der Waals surface area contributed by atoms with Gasteiger partial charge in [-0.2, -0.15) is 5.26 Å². The van der Waals surface area contributed by atoms with Gasteiger partial charge in [-0.3, -0.25) is 4.98 Å².